The molecule has 6 nitrogen and oxygen atoms in total. The van der Waals surface area contributed by atoms with E-state index in [0.717, 1.165) is 12.0 Å². The summed E-state index contributed by atoms with van der Waals surface area (Å²) in [5.74, 6) is 2.08. The zero-order valence-corrected chi connectivity index (χ0v) is 24.1. The lowest BCUT2D eigenvalue weighted by Gasteiger charge is -2.32. The average molecular weight is 513 g/mol. The van der Waals surface area contributed by atoms with Crippen LogP contribution in [0, 0.1) is 25.7 Å². The average Bonchev–Trinajstić information content (AvgIpc) is 2.90. The van der Waals surface area contributed by atoms with Crippen molar-refractivity contribution in [1.82, 2.24) is 0 Å². The van der Waals surface area contributed by atoms with Crippen molar-refractivity contribution in [3.63, 3.8) is 0 Å². The number of allylic oxidation sites excluding steroid dienone is 5. The third-order valence-electron chi connectivity index (χ3n) is 7.29. The van der Waals surface area contributed by atoms with Crippen LogP contribution in [0.5, 0.6) is 11.5 Å². The molecule has 0 radical (unpaired) electrons. The molecule has 0 fully saturated rings. The van der Waals surface area contributed by atoms with Crippen LogP contribution in [0.3, 0.4) is 0 Å². The highest BCUT2D eigenvalue weighted by atomic mass is 16.5. The monoisotopic (exact) mass is 512 g/mol. The first-order valence-electron chi connectivity index (χ1n) is 12.9. The van der Waals surface area contributed by atoms with Gasteiger partial charge in [-0.3, -0.25) is 4.79 Å². The van der Waals surface area contributed by atoms with E-state index in [-0.39, 0.29) is 29.5 Å². The molecule has 0 bridgehead atoms. The number of aryl methyl sites for hydroxylation is 2. The minimum atomic E-state index is -0.0918. The molecule has 0 saturated carbocycles. The van der Waals surface area contributed by atoms with Gasteiger partial charge >= 0.3 is 0 Å². The molecule has 0 amide bonds. The van der Waals surface area contributed by atoms with Crippen molar-refractivity contribution in [2.45, 2.75) is 66.6 Å². The Hall–Kier alpha value is -2.83. The first kappa shape index (κ1) is 30.4. The Balaban J connectivity index is 2.27. The van der Waals surface area contributed by atoms with E-state index < -0.39 is 0 Å². The van der Waals surface area contributed by atoms with E-state index in [4.69, 9.17) is 23.4 Å². The molecule has 1 aromatic carbocycles. The molecular formula is C31H44O6. The summed E-state index contributed by atoms with van der Waals surface area (Å²) in [6.07, 6.45) is 11.5. The minimum absolute atomic E-state index is 0.0368. The molecular weight excluding hydrogens is 468 g/mol. The molecule has 4 unspecified atom stereocenters. The fraction of sp³-hybridized carbons (Fsp3) is 0.516. The van der Waals surface area contributed by atoms with E-state index in [9.17, 15) is 4.79 Å². The van der Waals surface area contributed by atoms with Crippen molar-refractivity contribution in [3.8, 4) is 11.5 Å². The summed E-state index contributed by atoms with van der Waals surface area (Å²) in [5.41, 5.74) is 3.02. The zero-order chi connectivity index (χ0) is 27.7. The quantitative estimate of drug-likeness (QED) is 0.277. The van der Waals surface area contributed by atoms with Gasteiger partial charge in [0.05, 0.1) is 26.4 Å². The third-order valence-corrected chi connectivity index (χ3v) is 7.29. The van der Waals surface area contributed by atoms with Gasteiger partial charge in [-0.15, -0.1) is 0 Å². The number of hydrogen-bond donors (Lipinski definition) is 0. The van der Waals surface area contributed by atoms with Gasteiger partial charge in [0, 0.05) is 43.8 Å². The summed E-state index contributed by atoms with van der Waals surface area (Å²) in [7, 11) is 6.60. The predicted octanol–water partition coefficient (Wildman–Crippen LogP) is 6.74. The number of fused-ring (bicyclic) bond motifs is 1. The predicted molar refractivity (Wildman–Crippen MR) is 151 cm³/mol. The fourth-order valence-corrected chi connectivity index (χ4v) is 4.80. The molecule has 0 N–H and O–H groups in total. The second kappa shape index (κ2) is 14.2. The molecule has 2 rings (SSSR count). The lowest BCUT2D eigenvalue weighted by Crippen LogP contribution is -2.36. The summed E-state index contributed by atoms with van der Waals surface area (Å²) >= 11 is 0. The maximum absolute atomic E-state index is 13.3. The fourth-order valence-electron chi connectivity index (χ4n) is 4.80. The topological polar surface area (TPSA) is 67.1 Å². The van der Waals surface area contributed by atoms with E-state index in [1.807, 2.05) is 32.9 Å². The first-order valence-corrected chi connectivity index (χ1v) is 12.9. The molecule has 0 aliphatic heterocycles. The van der Waals surface area contributed by atoms with E-state index in [2.05, 4.69) is 39.0 Å². The van der Waals surface area contributed by atoms with Crippen LogP contribution in [0.15, 0.2) is 51.2 Å². The molecule has 204 valence electrons. The third kappa shape index (κ3) is 7.14. The largest absolute Gasteiger partial charge is 0.496 e. The van der Waals surface area contributed by atoms with Crippen molar-refractivity contribution in [3.05, 3.63) is 69.1 Å². The van der Waals surface area contributed by atoms with Crippen molar-refractivity contribution in [1.29, 1.82) is 0 Å². The van der Waals surface area contributed by atoms with Gasteiger partial charge < -0.3 is 23.4 Å². The Kier molecular flexibility index (Phi) is 11.7. The standard InChI is InChI=1S/C31H44O6/c1-11-19(2)14-12-13-15-24(33-7)22(5)30(36-10)20(3)16-17-25-21(4)29(32)28-27(35-9)18-26(34-8)23(6)31(28)37-25/h11-15,18,20,22,24,30H,16-17H2,1-10H3/b14-12+,15-13+,19-11+. The summed E-state index contributed by atoms with van der Waals surface area (Å²) in [5, 5.41) is 0.451. The number of rotatable bonds is 13. The van der Waals surface area contributed by atoms with Gasteiger partial charge in [0.15, 0.2) is 5.43 Å². The summed E-state index contributed by atoms with van der Waals surface area (Å²) < 4.78 is 29.0. The Morgan fingerprint density at radius 3 is 2.24 bits per heavy atom. The Morgan fingerprint density at radius 2 is 1.68 bits per heavy atom. The van der Waals surface area contributed by atoms with E-state index >= 15 is 0 Å². The van der Waals surface area contributed by atoms with Crippen LogP contribution < -0.4 is 14.9 Å². The highest BCUT2D eigenvalue weighted by Crippen LogP contribution is 2.35. The lowest BCUT2D eigenvalue weighted by molar-refractivity contribution is -0.0343. The van der Waals surface area contributed by atoms with Gasteiger partial charge in [0.1, 0.15) is 28.2 Å². The maximum atomic E-state index is 13.3. The number of ether oxygens (including phenoxy) is 4. The second-order valence-corrected chi connectivity index (χ2v) is 9.64. The molecule has 0 aliphatic carbocycles. The summed E-state index contributed by atoms with van der Waals surface area (Å²) in [4.78, 5) is 13.3. The highest BCUT2D eigenvalue weighted by Gasteiger charge is 2.29. The lowest BCUT2D eigenvalue weighted by atomic mass is 9.85. The Morgan fingerprint density at radius 1 is 1.00 bits per heavy atom. The minimum Gasteiger partial charge on any atom is -0.496 e. The SMILES string of the molecule is C/C=C(C)/C=C/C=C/C(OC)C(C)C(OC)C(C)CCc1oc2c(C)c(OC)cc(OC)c2c(=O)c1C. The van der Waals surface area contributed by atoms with Crippen molar-refractivity contribution in [2.24, 2.45) is 11.8 Å². The van der Waals surface area contributed by atoms with Gasteiger partial charge in [-0.25, -0.2) is 0 Å². The summed E-state index contributed by atoms with van der Waals surface area (Å²) in [6.45, 7) is 12.1. The highest BCUT2D eigenvalue weighted by molar-refractivity contribution is 5.88. The normalized spacial score (nSPS) is 15.9. The first-order chi connectivity index (χ1) is 17.6. The number of methoxy groups -OCH3 is 4. The molecule has 0 aliphatic rings. The Labute approximate surface area is 221 Å². The summed E-state index contributed by atoms with van der Waals surface area (Å²) in [6, 6.07) is 1.73. The van der Waals surface area contributed by atoms with Crippen molar-refractivity contribution >= 4 is 11.0 Å². The molecule has 4 atom stereocenters. The van der Waals surface area contributed by atoms with Gasteiger partial charge in [-0.2, -0.15) is 0 Å². The molecule has 0 spiro atoms. The van der Waals surface area contributed by atoms with Crippen LogP contribution in [-0.4, -0.2) is 40.6 Å². The maximum Gasteiger partial charge on any atom is 0.199 e. The van der Waals surface area contributed by atoms with Crippen LogP contribution in [0.25, 0.3) is 11.0 Å². The van der Waals surface area contributed by atoms with Crippen LogP contribution in [0.2, 0.25) is 0 Å². The van der Waals surface area contributed by atoms with Gasteiger partial charge in [0.2, 0.25) is 0 Å². The molecule has 2 aromatic rings. The van der Waals surface area contributed by atoms with E-state index in [1.54, 1.807) is 34.5 Å². The van der Waals surface area contributed by atoms with Crippen LogP contribution in [0.1, 0.15) is 51.0 Å². The van der Waals surface area contributed by atoms with E-state index in [1.165, 1.54) is 5.57 Å². The van der Waals surface area contributed by atoms with Crippen LogP contribution in [0.4, 0.5) is 0 Å². The van der Waals surface area contributed by atoms with Crippen LogP contribution in [-0.2, 0) is 15.9 Å². The van der Waals surface area contributed by atoms with Gasteiger partial charge in [-0.05, 0) is 40.0 Å². The smallest absolute Gasteiger partial charge is 0.199 e. The van der Waals surface area contributed by atoms with E-state index in [0.29, 0.717) is 40.2 Å². The molecule has 6 heteroatoms. The zero-order valence-electron chi connectivity index (χ0n) is 24.1. The van der Waals surface area contributed by atoms with Crippen molar-refractivity contribution in [2.75, 3.05) is 28.4 Å². The molecule has 1 aromatic heterocycles. The van der Waals surface area contributed by atoms with Gasteiger partial charge in [-0.1, -0.05) is 49.8 Å². The molecule has 1 heterocycles. The number of benzene rings is 1. The van der Waals surface area contributed by atoms with Gasteiger partial charge in [0.25, 0.3) is 0 Å². The Bertz CT molecular complexity index is 1190. The molecule has 0 saturated heterocycles. The number of hydrogen-bond acceptors (Lipinski definition) is 6. The second-order valence-electron chi connectivity index (χ2n) is 9.64. The molecule has 37 heavy (non-hydrogen) atoms. The van der Waals surface area contributed by atoms with Crippen molar-refractivity contribution < 1.29 is 23.4 Å². The van der Waals surface area contributed by atoms with Crippen LogP contribution >= 0.6 is 0 Å².